The van der Waals surface area contributed by atoms with Crippen LogP contribution in [0.2, 0.25) is 0 Å². The molecular formula is C11H18O. The van der Waals surface area contributed by atoms with Crippen LogP contribution in [0.1, 0.15) is 44.9 Å². The second kappa shape index (κ2) is 4.49. The molecule has 1 heteroatoms. The summed E-state index contributed by atoms with van der Waals surface area (Å²) in [5.74, 6) is 0. The van der Waals surface area contributed by atoms with Crippen molar-refractivity contribution in [3.05, 3.63) is 18.4 Å². The van der Waals surface area contributed by atoms with E-state index in [1.54, 1.807) is 6.08 Å². The molecule has 1 nitrogen and oxygen atoms in total. The summed E-state index contributed by atoms with van der Waals surface area (Å²) in [4.78, 5) is 0. The summed E-state index contributed by atoms with van der Waals surface area (Å²) in [5.41, 5.74) is 2.11. The van der Waals surface area contributed by atoms with Crippen molar-refractivity contribution in [2.24, 2.45) is 0 Å². The third-order valence-electron chi connectivity index (χ3n) is 2.59. The van der Waals surface area contributed by atoms with Gasteiger partial charge in [0.05, 0.1) is 5.60 Å². The lowest BCUT2D eigenvalue weighted by molar-refractivity contribution is 0.0622. The van der Waals surface area contributed by atoms with Gasteiger partial charge in [0.2, 0.25) is 0 Å². The van der Waals surface area contributed by atoms with Gasteiger partial charge in [0, 0.05) is 0 Å². The van der Waals surface area contributed by atoms with Gasteiger partial charge in [-0.05, 0) is 18.9 Å². The van der Waals surface area contributed by atoms with Crippen molar-refractivity contribution in [3.8, 4) is 0 Å². The first-order chi connectivity index (χ1) is 5.77. The van der Waals surface area contributed by atoms with Crippen LogP contribution in [0.15, 0.2) is 18.4 Å². The topological polar surface area (TPSA) is 20.2 Å². The van der Waals surface area contributed by atoms with Gasteiger partial charge >= 0.3 is 0 Å². The lowest BCUT2D eigenvalue weighted by atomic mass is 9.87. The van der Waals surface area contributed by atoms with Gasteiger partial charge in [-0.2, -0.15) is 0 Å². The first kappa shape index (κ1) is 9.57. The summed E-state index contributed by atoms with van der Waals surface area (Å²) in [6, 6.07) is 0. The Hall–Kier alpha value is -0.520. The Balaban J connectivity index is 2.53. The number of rotatable bonds is 1. The van der Waals surface area contributed by atoms with Gasteiger partial charge in [-0.25, -0.2) is 0 Å². The molecule has 0 aromatic rings. The highest BCUT2D eigenvalue weighted by Gasteiger charge is 2.23. The van der Waals surface area contributed by atoms with Crippen molar-refractivity contribution in [1.82, 2.24) is 0 Å². The van der Waals surface area contributed by atoms with Crippen LogP contribution in [-0.4, -0.2) is 10.7 Å². The highest BCUT2D eigenvalue weighted by molar-refractivity contribution is 4.98. The van der Waals surface area contributed by atoms with E-state index in [-0.39, 0.29) is 0 Å². The van der Waals surface area contributed by atoms with Gasteiger partial charge in [-0.15, -0.1) is 5.73 Å². The van der Waals surface area contributed by atoms with E-state index in [0.29, 0.717) is 0 Å². The quantitative estimate of drug-likeness (QED) is 0.594. The third-order valence-corrected chi connectivity index (χ3v) is 2.59. The summed E-state index contributed by atoms with van der Waals surface area (Å²) in [6.45, 7) is 3.51. The molecule has 0 radical (unpaired) electrons. The van der Waals surface area contributed by atoms with Crippen molar-refractivity contribution < 1.29 is 5.11 Å². The zero-order valence-corrected chi connectivity index (χ0v) is 7.68. The highest BCUT2D eigenvalue weighted by Crippen LogP contribution is 2.26. The molecule has 0 heterocycles. The van der Waals surface area contributed by atoms with Gasteiger partial charge in [-0.3, -0.25) is 0 Å². The molecule has 68 valence electrons. The fourth-order valence-electron chi connectivity index (χ4n) is 1.85. The molecule has 0 spiro atoms. The van der Waals surface area contributed by atoms with Crippen LogP contribution in [0, 0.1) is 0 Å². The summed E-state index contributed by atoms with van der Waals surface area (Å²) in [6.07, 6.45) is 9.61. The molecule has 1 rings (SSSR count). The Morgan fingerprint density at radius 1 is 1.08 bits per heavy atom. The van der Waals surface area contributed by atoms with E-state index < -0.39 is 5.60 Å². The Labute approximate surface area is 74.8 Å². The maximum Gasteiger partial charge on any atom is 0.0900 e. The zero-order chi connectivity index (χ0) is 8.86. The molecule has 0 saturated heterocycles. The average molecular weight is 166 g/mol. The standard InChI is InChI=1S/C11H18O/c1-2-8-11(12)9-6-4-3-5-7-10-11/h8,12H,1,3-7,9-10H2. The molecular weight excluding hydrogens is 148 g/mol. The Morgan fingerprint density at radius 2 is 1.58 bits per heavy atom. The minimum atomic E-state index is -0.595. The van der Waals surface area contributed by atoms with Crippen LogP contribution in [0.25, 0.3) is 0 Å². The second-order valence-corrected chi connectivity index (χ2v) is 3.72. The smallest absolute Gasteiger partial charge is 0.0900 e. The Bertz CT molecular complexity index is 169. The molecule has 0 atom stereocenters. The van der Waals surface area contributed by atoms with Crippen molar-refractivity contribution in [1.29, 1.82) is 0 Å². The molecule has 1 saturated carbocycles. The van der Waals surface area contributed by atoms with E-state index in [1.165, 1.54) is 19.3 Å². The fourth-order valence-corrected chi connectivity index (χ4v) is 1.85. The molecule has 0 aromatic heterocycles. The summed E-state index contributed by atoms with van der Waals surface area (Å²) >= 11 is 0. The molecule has 1 aliphatic rings. The first-order valence-corrected chi connectivity index (χ1v) is 4.86. The largest absolute Gasteiger partial charge is 0.385 e. The first-order valence-electron chi connectivity index (χ1n) is 4.86. The fraction of sp³-hybridized carbons (Fsp3) is 0.727. The molecule has 0 aliphatic heterocycles. The SMILES string of the molecule is C=C=CC1(O)CCCCCCC1. The van der Waals surface area contributed by atoms with E-state index in [9.17, 15) is 5.11 Å². The number of aliphatic hydroxyl groups is 1. The molecule has 0 bridgehead atoms. The zero-order valence-electron chi connectivity index (χ0n) is 7.68. The second-order valence-electron chi connectivity index (χ2n) is 3.72. The number of hydrogen-bond acceptors (Lipinski definition) is 1. The predicted octanol–water partition coefficient (Wildman–Crippen LogP) is 2.80. The van der Waals surface area contributed by atoms with Gasteiger partial charge in [0.1, 0.15) is 0 Å². The predicted molar refractivity (Wildman–Crippen MR) is 51.0 cm³/mol. The van der Waals surface area contributed by atoms with Crippen LogP contribution in [0.4, 0.5) is 0 Å². The highest BCUT2D eigenvalue weighted by atomic mass is 16.3. The van der Waals surface area contributed by atoms with E-state index >= 15 is 0 Å². The molecule has 1 aliphatic carbocycles. The Morgan fingerprint density at radius 3 is 2.08 bits per heavy atom. The van der Waals surface area contributed by atoms with E-state index in [2.05, 4.69) is 12.3 Å². The Kier molecular flexibility index (Phi) is 3.58. The van der Waals surface area contributed by atoms with E-state index in [0.717, 1.165) is 25.7 Å². The van der Waals surface area contributed by atoms with Crippen molar-refractivity contribution in [3.63, 3.8) is 0 Å². The van der Waals surface area contributed by atoms with Crippen molar-refractivity contribution in [2.75, 3.05) is 0 Å². The minimum absolute atomic E-state index is 0.595. The monoisotopic (exact) mass is 166 g/mol. The molecule has 0 aromatic carbocycles. The lowest BCUT2D eigenvalue weighted by Crippen LogP contribution is -2.26. The lowest BCUT2D eigenvalue weighted by Gasteiger charge is -2.25. The van der Waals surface area contributed by atoms with Crippen molar-refractivity contribution in [2.45, 2.75) is 50.5 Å². The van der Waals surface area contributed by atoms with Crippen LogP contribution < -0.4 is 0 Å². The summed E-state index contributed by atoms with van der Waals surface area (Å²) in [7, 11) is 0. The van der Waals surface area contributed by atoms with Gasteiger partial charge in [-0.1, -0.05) is 38.7 Å². The summed E-state index contributed by atoms with van der Waals surface area (Å²) in [5, 5.41) is 10.0. The van der Waals surface area contributed by atoms with Crippen LogP contribution >= 0.6 is 0 Å². The van der Waals surface area contributed by atoms with E-state index in [1.807, 2.05) is 0 Å². The van der Waals surface area contributed by atoms with Gasteiger partial charge < -0.3 is 5.11 Å². The molecule has 0 amide bonds. The molecule has 0 unspecified atom stereocenters. The average Bonchev–Trinajstić information content (AvgIpc) is 1.99. The van der Waals surface area contributed by atoms with Gasteiger partial charge in [0.15, 0.2) is 0 Å². The van der Waals surface area contributed by atoms with Gasteiger partial charge in [0.25, 0.3) is 0 Å². The third kappa shape index (κ3) is 2.84. The van der Waals surface area contributed by atoms with Crippen LogP contribution in [-0.2, 0) is 0 Å². The van der Waals surface area contributed by atoms with Crippen LogP contribution in [0.3, 0.4) is 0 Å². The summed E-state index contributed by atoms with van der Waals surface area (Å²) < 4.78 is 0. The van der Waals surface area contributed by atoms with Crippen molar-refractivity contribution >= 4 is 0 Å². The maximum absolute atomic E-state index is 10.0. The molecule has 12 heavy (non-hydrogen) atoms. The minimum Gasteiger partial charge on any atom is -0.385 e. The van der Waals surface area contributed by atoms with Crippen LogP contribution in [0.5, 0.6) is 0 Å². The maximum atomic E-state index is 10.0. The van der Waals surface area contributed by atoms with E-state index in [4.69, 9.17) is 0 Å². The number of hydrogen-bond donors (Lipinski definition) is 1. The molecule has 1 fully saturated rings. The normalized spacial score (nSPS) is 23.4. The molecule has 1 N–H and O–H groups in total.